The molecule has 1 atom stereocenters. The molecule has 1 aromatic heterocycles. The Morgan fingerprint density at radius 2 is 1.73 bits per heavy atom. The average Bonchev–Trinajstić information content (AvgIpc) is 3.45. The van der Waals surface area contributed by atoms with Crippen LogP contribution in [0, 0.1) is 19.8 Å². The Hall–Kier alpha value is -3.13. The molecule has 3 heterocycles. The van der Waals surface area contributed by atoms with Gasteiger partial charge in [0.25, 0.3) is 0 Å². The van der Waals surface area contributed by atoms with E-state index in [4.69, 9.17) is 9.47 Å². The second-order valence-corrected chi connectivity index (χ2v) is 9.38. The summed E-state index contributed by atoms with van der Waals surface area (Å²) in [5.74, 6) is 2.88. The summed E-state index contributed by atoms with van der Waals surface area (Å²) in [5, 5.41) is 12.9. The van der Waals surface area contributed by atoms with Crippen molar-refractivity contribution < 1.29 is 9.47 Å². The van der Waals surface area contributed by atoms with Gasteiger partial charge in [0.1, 0.15) is 0 Å². The minimum Gasteiger partial charge on any atom is -0.454 e. The molecule has 33 heavy (non-hydrogen) atoms. The van der Waals surface area contributed by atoms with E-state index in [1.165, 1.54) is 16.8 Å². The van der Waals surface area contributed by atoms with Gasteiger partial charge in [0.2, 0.25) is 6.79 Å². The van der Waals surface area contributed by atoms with Crippen molar-refractivity contribution in [2.24, 2.45) is 5.92 Å². The Bertz CT molecular complexity index is 1120. The second-order valence-electron chi connectivity index (χ2n) is 9.38. The largest absolute Gasteiger partial charge is 0.454 e. The predicted molar refractivity (Wildman–Crippen MR) is 127 cm³/mol. The van der Waals surface area contributed by atoms with Gasteiger partial charge in [-0.05, 0) is 65.1 Å². The Kier molecular flexibility index (Phi) is 5.93. The number of benzene rings is 2. The first kappa shape index (κ1) is 21.7. The van der Waals surface area contributed by atoms with Crippen LogP contribution in [0.5, 0.6) is 11.5 Å². The Labute approximate surface area is 195 Å². The summed E-state index contributed by atoms with van der Waals surface area (Å²) in [5.41, 5.74) is 5.08. The first-order valence-corrected chi connectivity index (χ1v) is 11.7. The van der Waals surface area contributed by atoms with Gasteiger partial charge < -0.3 is 14.4 Å². The topological polar surface area (TPSA) is 68.5 Å². The average molecular weight is 449 g/mol. The molecule has 8 heteroatoms. The predicted octanol–water partition coefficient (Wildman–Crippen LogP) is 3.59. The van der Waals surface area contributed by atoms with E-state index < -0.39 is 0 Å². The van der Waals surface area contributed by atoms with Crippen molar-refractivity contribution in [1.82, 2.24) is 25.1 Å². The number of anilines is 1. The van der Waals surface area contributed by atoms with Crippen molar-refractivity contribution in [1.29, 1.82) is 0 Å². The van der Waals surface area contributed by atoms with Gasteiger partial charge in [0.15, 0.2) is 17.3 Å². The summed E-state index contributed by atoms with van der Waals surface area (Å²) in [6.07, 6.45) is 0. The fourth-order valence-corrected chi connectivity index (χ4v) is 4.93. The third-order valence-corrected chi connectivity index (χ3v) is 6.64. The van der Waals surface area contributed by atoms with Crippen molar-refractivity contribution in [3.8, 4) is 11.5 Å². The van der Waals surface area contributed by atoms with E-state index in [0.29, 0.717) is 12.5 Å². The highest BCUT2D eigenvalue weighted by Crippen LogP contribution is 2.34. The lowest BCUT2D eigenvalue weighted by Gasteiger charge is -2.41. The first-order valence-electron chi connectivity index (χ1n) is 11.7. The Morgan fingerprint density at radius 1 is 0.939 bits per heavy atom. The number of nitrogens with zero attached hydrogens (tertiary/aromatic N) is 6. The van der Waals surface area contributed by atoms with E-state index in [9.17, 15) is 0 Å². The molecule has 3 aromatic rings. The second kappa shape index (κ2) is 9.02. The molecule has 0 N–H and O–H groups in total. The summed E-state index contributed by atoms with van der Waals surface area (Å²) < 4.78 is 12.9. The third-order valence-electron chi connectivity index (χ3n) is 6.64. The molecule has 2 aliphatic heterocycles. The molecule has 0 radical (unpaired) electrons. The van der Waals surface area contributed by atoms with Crippen LogP contribution in [0.1, 0.15) is 42.4 Å². The van der Waals surface area contributed by atoms with Crippen LogP contribution in [0.4, 0.5) is 5.69 Å². The van der Waals surface area contributed by atoms with E-state index in [-0.39, 0.29) is 12.8 Å². The molecule has 174 valence electrons. The number of ether oxygens (including phenoxy) is 2. The third kappa shape index (κ3) is 4.39. The number of aromatic nitrogens is 4. The van der Waals surface area contributed by atoms with Crippen LogP contribution in [-0.4, -0.2) is 58.1 Å². The number of fused-ring (bicyclic) bond motifs is 1. The van der Waals surface area contributed by atoms with E-state index in [0.717, 1.165) is 49.1 Å². The number of hydrogen-bond acceptors (Lipinski definition) is 7. The van der Waals surface area contributed by atoms with Crippen molar-refractivity contribution in [2.45, 2.75) is 40.3 Å². The van der Waals surface area contributed by atoms with Crippen LogP contribution in [0.3, 0.4) is 0 Å². The van der Waals surface area contributed by atoms with Crippen LogP contribution >= 0.6 is 0 Å². The lowest BCUT2D eigenvalue weighted by atomic mass is 10.00. The monoisotopic (exact) mass is 448 g/mol. The van der Waals surface area contributed by atoms with E-state index in [2.05, 4.69) is 71.2 Å². The molecule has 8 nitrogen and oxygen atoms in total. The summed E-state index contributed by atoms with van der Waals surface area (Å²) in [6.45, 7) is 13.7. The lowest BCUT2D eigenvalue weighted by molar-refractivity contribution is 0.135. The van der Waals surface area contributed by atoms with Crippen molar-refractivity contribution in [3.63, 3.8) is 0 Å². The van der Waals surface area contributed by atoms with Gasteiger partial charge in [-0.15, -0.1) is 5.10 Å². The highest BCUT2D eigenvalue weighted by Gasteiger charge is 2.32. The van der Waals surface area contributed by atoms with Gasteiger partial charge in [-0.25, -0.2) is 4.68 Å². The minimum atomic E-state index is 0.162. The lowest BCUT2D eigenvalue weighted by Crippen LogP contribution is -2.49. The van der Waals surface area contributed by atoms with Crippen LogP contribution < -0.4 is 14.4 Å². The molecule has 0 unspecified atom stereocenters. The van der Waals surface area contributed by atoms with E-state index in [1.807, 2.05) is 22.9 Å². The summed E-state index contributed by atoms with van der Waals surface area (Å²) >= 11 is 0. The van der Waals surface area contributed by atoms with Gasteiger partial charge in [0, 0.05) is 31.9 Å². The number of aryl methyl sites for hydroxylation is 2. The zero-order chi connectivity index (χ0) is 22.9. The summed E-state index contributed by atoms with van der Waals surface area (Å²) in [7, 11) is 0. The Morgan fingerprint density at radius 3 is 2.52 bits per heavy atom. The normalized spacial score (nSPS) is 17.1. The van der Waals surface area contributed by atoms with Crippen molar-refractivity contribution >= 4 is 5.69 Å². The van der Waals surface area contributed by atoms with Crippen molar-refractivity contribution in [3.05, 3.63) is 58.9 Å². The van der Waals surface area contributed by atoms with Gasteiger partial charge in [-0.2, -0.15) is 0 Å². The molecular weight excluding hydrogens is 416 g/mol. The highest BCUT2D eigenvalue weighted by molar-refractivity contribution is 5.55. The molecule has 0 amide bonds. The number of tetrazole rings is 1. The van der Waals surface area contributed by atoms with Gasteiger partial charge in [-0.1, -0.05) is 32.0 Å². The minimum absolute atomic E-state index is 0.162. The van der Waals surface area contributed by atoms with Gasteiger partial charge in [-0.3, -0.25) is 4.90 Å². The maximum atomic E-state index is 5.54. The standard InChI is InChI=1S/C25H32N6O2/c1-17(2)24(30-11-9-29(10-12-30)21-13-18(3)5-6-19(21)4)25-26-27-28-31(25)15-20-7-8-22-23(14-20)33-16-32-22/h5-8,13-14,17,24H,9-12,15-16H2,1-4H3/t24-/m0/s1. The molecule has 1 fully saturated rings. The molecule has 2 aromatic carbocycles. The first-order chi connectivity index (χ1) is 16.0. The Balaban J connectivity index is 1.32. The van der Waals surface area contributed by atoms with Crippen LogP contribution in [-0.2, 0) is 6.54 Å². The maximum absolute atomic E-state index is 5.54. The van der Waals surface area contributed by atoms with Crippen molar-refractivity contribution in [2.75, 3.05) is 37.9 Å². The fraction of sp³-hybridized carbons (Fsp3) is 0.480. The molecule has 0 bridgehead atoms. The smallest absolute Gasteiger partial charge is 0.231 e. The molecule has 5 rings (SSSR count). The van der Waals surface area contributed by atoms with E-state index in [1.54, 1.807) is 0 Å². The molecule has 2 aliphatic rings. The van der Waals surface area contributed by atoms with Gasteiger partial charge >= 0.3 is 0 Å². The fourth-order valence-electron chi connectivity index (χ4n) is 4.93. The number of piperazine rings is 1. The van der Waals surface area contributed by atoms with E-state index >= 15 is 0 Å². The zero-order valence-corrected chi connectivity index (χ0v) is 19.9. The molecule has 0 spiro atoms. The van der Waals surface area contributed by atoms with Crippen LogP contribution in [0.15, 0.2) is 36.4 Å². The van der Waals surface area contributed by atoms with Crippen LogP contribution in [0.2, 0.25) is 0 Å². The summed E-state index contributed by atoms with van der Waals surface area (Å²) in [6, 6.07) is 12.9. The molecular formula is C25H32N6O2. The quantitative estimate of drug-likeness (QED) is 0.571. The zero-order valence-electron chi connectivity index (χ0n) is 19.9. The number of rotatable bonds is 6. The molecule has 0 aliphatic carbocycles. The highest BCUT2D eigenvalue weighted by atomic mass is 16.7. The SMILES string of the molecule is Cc1ccc(C)c(N2CCN([C@H](c3nnnn3Cc3ccc4c(c3)OCO4)C(C)C)CC2)c1. The van der Waals surface area contributed by atoms with Crippen LogP contribution in [0.25, 0.3) is 0 Å². The summed E-state index contributed by atoms with van der Waals surface area (Å²) in [4.78, 5) is 5.04. The molecule has 1 saturated heterocycles. The molecule has 0 saturated carbocycles. The maximum Gasteiger partial charge on any atom is 0.231 e. The van der Waals surface area contributed by atoms with Gasteiger partial charge in [0.05, 0.1) is 12.6 Å². The number of hydrogen-bond donors (Lipinski definition) is 0.